The van der Waals surface area contributed by atoms with Gasteiger partial charge in [0.25, 0.3) is 0 Å². The van der Waals surface area contributed by atoms with Gasteiger partial charge in [-0.25, -0.2) is 0 Å². The number of hydrogen-bond donors (Lipinski definition) is 0. The molecule has 0 unspecified atom stereocenters. The number of amides is 1. The molecule has 0 aromatic carbocycles. The van der Waals surface area contributed by atoms with E-state index >= 15 is 0 Å². The number of piperazine rings is 1. The lowest BCUT2D eigenvalue weighted by Crippen LogP contribution is -2.49. The maximum atomic E-state index is 12.1. The molecule has 0 radical (unpaired) electrons. The van der Waals surface area contributed by atoms with Gasteiger partial charge in [-0.2, -0.15) is 0 Å². The molecule has 20 heavy (non-hydrogen) atoms. The maximum Gasteiger partial charge on any atom is 0.225 e. The SMILES string of the molecule is CC[C@H](C)C(=O)N1CCN(Cc2ccc(Br)cn2)CC1. The molecule has 0 spiro atoms. The third kappa shape index (κ3) is 4.03. The second-order valence-electron chi connectivity index (χ2n) is 5.38. The van der Waals surface area contributed by atoms with E-state index < -0.39 is 0 Å². The molecule has 1 aromatic heterocycles. The zero-order chi connectivity index (χ0) is 14.5. The average Bonchev–Trinajstić information content (AvgIpc) is 2.49. The Morgan fingerprint density at radius 2 is 2.05 bits per heavy atom. The molecule has 4 nitrogen and oxygen atoms in total. The lowest BCUT2D eigenvalue weighted by molar-refractivity contribution is -0.136. The fourth-order valence-electron chi connectivity index (χ4n) is 2.34. The minimum Gasteiger partial charge on any atom is -0.340 e. The van der Waals surface area contributed by atoms with Gasteiger partial charge in [0.15, 0.2) is 0 Å². The minimum atomic E-state index is 0.148. The predicted molar refractivity (Wildman–Crippen MR) is 83.2 cm³/mol. The summed E-state index contributed by atoms with van der Waals surface area (Å²) in [5.41, 5.74) is 1.08. The summed E-state index contributed by atoms with van der Waals surface area (Å²) in [5, 5.41) is 0. The van der Waals surface area contributed by atoms with E-state index in [1.165, 1.54) is 0 Å². The van der Waals surface area contributed by atoms with Gasteiger partial charge in [-0.05, 0) is 34.5 Å². The summed E-state index contributed by atoms with van der Waals surface area (Å²) >= 11 is 3.39. The first-order valence-electron chi connectivity index (χ1n) is 7.21. The molecule has 0 bridgehead atoms. The topological polar surface area (TPSA) is 36.4 Å². The Bertz CT molecular complexity index is 441. The predicted octanol–water partition coefficient (Wildman–Crippen LogP) is 2.53. The fourth-order valence-corrected chi connectivity index (χ4v) is 2.58. The first-order valence-corrected chi connectivity index (χ1v) is 8.01. The number of aromatic nitrogens is 1. The second-order valence-corrected chi connectivity index (χ2v) is 6.29. The van der Waals surface area contributed by atoms with Crippen molar-refractivity contribution in [3.05, 3.63) is 28.5 Å². The number of rotatable bonds is 4. The summed E-state index contributed by atoms with van der Waals surface area (Å²) in [6.45, 7) is 8.47. The number of carbonyl (C=O) groups excluding carboxylic acids is 1. The van der Waals surface area contributed by atoms with Crippen LogP contribution in [0.3, 0.4) is 0 Å². The van der Waals surface area contributed by atoms with Gasteiger partial charge in [0.2, 0.25) is 5.91 Å². The van der Waals surface area contributed by atoms with Crippen LogP contribution in [0.15, 0.2) is 22.8 Å². The Morgan fingerprint density at radius 3 is 2.60 bits per heavy atom. The van der Waals surface area contributed by atoms with Crippen LogP contribution in [0.5, 0.6) is 0 Å². The van der Waals surface area contributed by atoms with Gasteiger partial charge in [0.05, 0.1) is 5.69 Å². The van der Waals surface area contributed by atoms with Gasteiger partial charge in [-0.3, -0.25) is 14.7 Å². The standard InChI is InChI=1S/C15H22BrN3O/c1-3-12(2)15(20)19-8-6-18(7-9-19)11-14-5-4-13(16)10-17-14/h4-5,10,12H,3,6-9,11H2,1-2H3/t12-/m0/s1. The van der Waals surface area contributed by atoms with Crippen LogP contribution in [-0.4, -0.2) is 46.9 Å². The Balaban J connectivity index is 1.82. The first kappa shape index (κ1) is 15.4. The van der Waals surface area contributed by atoms with E-state index in [0.29, 0.717) is 5.91 Å². The maximum absolute atomic E-state index is 12.1. The number of halogens is 1. The Morgan fingerprint density at radius 1 is 1.35 bits per heavy atom. The third-order valence-electron chi connectivity index (χ3n) is 3.89. The van der Waals surface area contributed by atoms with Crippen LogP contribution in [0.2, 0.25) is 0 Å². The molecule has 1 aliphatic rings. The minimum absolute atomic E-state index is 0.148. The Kier molecular flexibility index (Phi) is 5.54. The van der Waals surface area contributed by atoms with Crippen LogP contribution in [0.4, 0.5) is 0 Å². The molecular weight excluding hydrogens is 318 g/mol. The van der Waals surface area contributed by atoms with Crippen LogP contribution in [-0.2, 0) is 11.3 Å². The molecule has 0 N–H and O–H groups in total. The van der Waals surface area contributed by atoms with Crippen molar-refractivity contribution in [1.82, 2.24) is 14.8 Å². The highest BCUT2D eigenvalue weighted by molar-refractivity contribution is 9.10. The number of carbonyl (C=O) groups is 1. The molecule has 1 aliphatic heterocycles. The van der Waals surface area contributed by atoms with Gasteiger partial charge in [0.1, 0.15) is 0 Å². The van der Waals surface area contributed by atoms with Gasteiger partial charge >= 0.3 is 0 Å². The van der Waals surface area contributed by atoms with E-state index in [-0.39, 0.29) is 5.92 Å². The van der Waals surface area contributed by atoms with Gasteiger partial charge in [0, 0.05) is 49.3 Å². The summed E-state index contributed by atoms with van der Waals surface area (Å²) in [5.74, 6) is 0.448. The highest BCUT2D eigenvalue weighted by Gasteiger charge is 2.23. The van der Waals surface area contributed by atoms with E-state index in [9.17, 15) is 4.79 Å². The van der Waals surface area contributed by atoms with Crippen LogP contribution < -0.4 is 0 Å². The van der Waals surface area contributed by atoms with Crippen LogP contribution in [0, 0.1) is 5.92 Å². The molecule has 1 amide bonds. The second kappa shape index (κ2) is 7.18. The number of pyridine rings is 1. The van der Waals surface area contributed by atoms with Crippen molar-refractivity contribution in [2.24, 2.45) is 5.92 Å². The Hall–Kier alpha value is -0.940. The van der Waals surface area contributed by atoms with Gasteiger partial charge in [-0.1, -0.05) is 13.8 Å². The van der Waals surface area contributed by atoms with E-state index in [2.05, 4.69) is 32.7 Å². The normalized spacial score (nSPS) is 18.1. The molecule has 1 fully saturated rings. The molecule has 2 rings (SSSR count). The van der Waals surface area contributed by atoms with E-state index in [1.807, 2.05) is 30.2 Å². The fraction of sp³-hybridized carbons (Fsp3) is 0.600. The van der Waals surface area contributed by atoms with E-state index in [4.69, 9.17) is 0 Å². The van der Waals surface area contributed by atoms with Crippen molar-refractivity contribution in [2.45, 2.75) is 26.8 Å². The molecule has 1 atom stereocenters. The summed E-state index contributed by atoms with van der Waals surface area (Å²) in [6.07, 6.45) is 2.75. The lowest BCUT2D eigenvalue weighted by atomic mass is 10.1. The van der Waals surface area contributed by atoms with Crippen molar-refractivity contribution in [2.75, 3.05) is 26.2 Å². The zero-order valence-corrected chi connectivity index (χ0v) is 13.8. The highest BCUT2D eigenvalue weighted by Crippen LogP contribution is 2.13. The molecule has 1 aromatic rings. The third-order valence-corrected chi connectivity index (χ3v) is 4.36. The molecular formula is C15H22BrN3O. The quantitative estimate of drug-likeness (QED) is 0.845. The molecule has 2 heterocycles. The van der Waals surface area contributed by atoms with Crippen molar-refractivity contribution in [3.8, 4) is 0 Å². The smallest absolute Gasteiger partial charge is 0.225 e. The van der Waals surface area contributed by atoms with Crippen LogP contribution >= 0.6 is 15.9 Å². The largest absolute Gasteiger partial charge is 0.340 e. The van der Waals surface area contributed by atoms with Crippen LogP contribution in [0.25, 0.3) is 0 Å². The van der Waals surface area contributed by atoms with Gasteiger partial charge < -0.3 is 4.90 Å². The molecule has 110 valence electrons. The van der Waals surface area contributed by atoms with Crippen molar-refractivity contribution in [1.29, 1.82) is 0 Å². The van der Waals surface area contributed by atoms with E-state index in [0.717, 1.165) is 49.3 Å². The summed E-state index contributed by atoms with van der Waals surface area (Å²) in [6, 6.07) is 4.06. The summed E-state index contributed by atoms with van der Waals surface area (Å²) in [7, 11) is 0. The number of hydrogen-bond acceptors (Lipinski definition) is 3. The summed E-state index contributed by atoms with van der Waals surface area (Å²) in [4.78, 5) is 20.9. The highest BCUT2D eigenvalue weighted by atomic mass is 79.9. The molecule has 0 aliphatic carbocycles. The first-order chi connectivity index (χ1) is 9.60. The van der Waals surface area contributed by atoms with Crippen molar-refractivity contribution < 1.29 is 4.79 Å². The molecule has 5 heteroatoms. The van der Waals surface area contributed by atoms with Gasteiger partial charge in [-0.15, -0.1) is 0 Å². The van der Waals surface area contributed by atoms with Crippen molar-refractivity contribution >= 4 is 21.8 Å². The van der Waals surface area contributed by atoms with Crippen LogP contribution in [0.1, 0.15) is 26.0 Å². The van der Waals surface area contributed by atoms with Crippen molar-refractivity contribution in [3.63, 3.8) is 0 Å². The monoisotopic (exact) mass is 339 g/mol. The number of nitrogens with zero attached hydrogens (tertiary/aromatic N) is 3. The molecule has 0 saturated carbocycles. The molecule has 1 saturated heterocycles. The summed E-state index contributed by atoms with van der Waals surface area (Å²) < 4.78 is 1.00. The zero-order valence-electron chi connectivity index (χ0n) is 12.2. The van der Waals surface area contributed by atoms with E-state index in [1.54, 1.807) is 0 Å². The Labute approximate surface area is 129 Å². The average molecular weight is 340 g/mol. The lowest BCUT2D eigenvalue weighted by Gasteiger charge is -2.35.